The van der Waals surface area contributed by atoms with Crippen molar-refractivity contribution in [2.75, 3.05) is 7.11 Å². The number of benzene rings is 1. The predicted molar refractivity (Wildman–Crippen MR) is 79.4 cm³/mol. The Bertz CT molecular complexity index is 748. The molecule has 1 aromatic carbocycles. The van der Waals surface area contributed by atoms with Crippen LogP contribution in [0.3, 0.4) is 0 Å². The zero-order valence-electron chi connectivity index (χ0n) is 11.6. The minimum Gasteiger partial charge on any atom is -0.494 e. The minimum atomic E-state index is -0.445. The Balaban J connectivity index is 1.84. The third-order valence-electron chi connectivity index (χ3n) is 3.55. The maximum absolute atomic E-state index is 13.7. The van der Waals surface area contributed by atoms with E-state index in [1.54, 1.807) is 10.6 Å². The summed E-state index contributed by atoms with van der Waals surface area (Å²) in [5.74, 6) is -0.268. The molecule has 2 aromatic rings. The van der Waals surface area contributed by atoms with E-state index >= 15 is 0 Å². The van der Waals surface area contributed by atoms with Gasteiger partial charge in [0.2, 0.25) is 5.91 Å². The van der Waals surface area contributed by atoms with Crippen molar-refractivity contribution >= 4 is 29.2 Å². The molecule has 0 radical (unpaired) electrons. The molecule has 1 amide bonds. The van der Waals surface area contributed by atoms with Gasteiger partial charge in [-0.2, -0.15) is 0 Å². The summed E-state index contributed by atoms with van der Waals surface area (Å²) < 4.78 is 20.9. The first kappa shape index (κ1) is 14.1. The fourth-order valence-corrected chi connectivity index (χ4v) is 2.58. The third kappa shape index (κ3) is 2.92. The largest absolute Gasteiger partial charge is 0.494 e. The highest BCUT2D eigenvalue weighted by molar-refractivity contribution is 7.71. The summed E-state index contributed by atoms with van der Waals surface area (Å²) >= 11 is 5.24. The fraction of sp³-hybridized carbons (Fsp3) is 0.429. The Hall–Kier alpha value is -1.89. The maximum Gasteiger partial charge on any atom is 0.222 e. The Morgan fingerprint density at radius 2 is 2.33 bits per heavy atom. The molecule has 1 fully saturated rings. The normalized spacial score (nSPS) is 14.4. The van der Waals surface area contributed by atoms with E-state index in [2.05, 4.69) is 10.3 Å². The number of imidazole rings is 1. The lowest BCUT2D eigenvalue weighted by Gasteiger charge is -2.07. The summed E-state index contributed by atoms with van der Waals surface area (Å²) in [6.45, 7) is 0.451. The van der Waals surface area contributed by atoms with Crippen LogP contribution < -0.4 is 10.1 Å². The first-order valence-electron chi connectivity index (χ1n) is 6.84. The van der Waals surface area contributed by atoms with Crippen LogP contribution in [0.25, 0.3) is 11.0 Å². The Morgan fingerprint density at radius 3 is 3.00 bits per heavy atom. The van der Waals surface area contributed by atoms with E-state index in [9.17, 15) is 9.18 Å². The van der Waals surface area contributed by atoms with Gasteiger partial charge in [0, 0.05) is 31.1 Å². The molecule has 0 atom stereocenters. The molecule has 0 saturated heterocycles. The van der Waals surface area contributed by atoms with Crippen molar-refractivity contribution in [2.24, 2.45) is 0 Å². The lowest BCUT2D eigenvalue weighted by atomic mass is 10.2. The van der Waals surface area contributed by atoms with Crippen LogP contribution in [0, 0.1) is 10.6 Å². The van der Waals surface area contributed by atoms with Crippen molar-refractivity contribution < 1.29 is 13.9 Å². The number of amides is 1. The van der Waals surface area contributed by atoms with Crippen LogP contribution in [-0.4, -0.2) is 28.6 Å². The number of halogens is 1. The van der Waals surface area contributed by atoms with E-state index in [1.807, 2.05) is 0 Å². The van der Waals surface area contributed by atoms with Crippen LogP contribution in [0.2, 0.25) is 0 Å². The fourth-order valence-electron chi connectivity index (χ4n) is 2.28. The Morgan fingerprint density at radius 1 is 1.57 bits per heavy atom. The molecule has 7 heteroatoms. The van der Waals surface area contributed by atoms with Gasteiger partial charge in [0.15, 0.2) is 16.3 Å². The molecule has 0 spiro atoms. The number of fused-ring (bicyclic) bond motifs is 1. The molecule has 0 unspecified atom stereocenters. The molecular formula is C14H16FN3O2S. The lowest BCUT2D eigenvalue weighted by molar-refractivity contribution is -0.121. The number of aromatic amines is 1. The first-order chi connectivity index (χ1) is 10.1. The Labute approximate surface area is 126 Å². The quantitative estimate of drug-likeness (QED) is 0.834. The molecule has 1 aliphatic carbocycles. The van der Waals surface area contributed by atoms with Crippen LogP contribution in [0.15, 0.2) is 12.1 Å². The first-order valence-corrected chi connectivity index (χ1v) is 7.24. The molecule has 0 bridgehead atoms. The molecule has 1 aromatic heterocycles. The number of aromatic nitrogens is 2. The molecule has 3 rings (SSSR count). The molecule has 1 saturated carbocycles. The SMILES string of the molecule is COc1cc2c(cc1F)[nH]c(=S)n2CCC(=O)NC1CC1. The summed E-state index contributed by atoms with van der Waals surface area (Å²) in [7, 11) is 1.42. The van der Waals surface area contributed by atoms with E-state index in [1.165, 1.54) is 13.2 Å². The number of methoxy groups -OCH3 is 1. The summed E-state index contributed by atoms with van der Waals surface area (Å²) in [5.41, 5.74) is 1.33. The Kier molecular flexibility index (Phi) is 3.67. The zero-order valence-corrected chi connectivity index (χ0v) is 12.4. The van der Waals surface area contributed by atoms with Gasteiger partial charge in [-0.3, -0.25) is 4.79 Å². The monoisotopic (exact) mass is 309 g/mol. The zero-order chi connectivity index (χ0) is 15.0. The molecule has 112 valence electrons. The standard InChI is InChI=1S/C14H16FN3O2S/c1-20-12-7-11-10(6-9(12)15)17-14(21)18(11)5-4-13(19)16-8-2-3-8/h6-8H,2-5H2,1H3,(H,16,19)(H,17,21). The van der Waals surface area contributed by atoms with Crippen molar-refractivity contribution in [1.82, 2.24) is 14.9 Å². The number of hydrogen-bond acceptors (Lipinski definition) is 3. The van der Waals surface area contributed by atoms with Crippen molar-refractivity contribution in [3.8, 4) is 5.75 Å². The highest BCUT2D eigenvalue weighted by Gasteiger charge is 2.23. The van der Waals surface area contributed by atoms with Gasteiger partial charge in [0.25, 0.3) is 0 Å². The van der Waals surface area contributed by atoms with Gasteiger partial charge in [-0.1, -0.05) is 0 Å². The number of rotatable bonds is 5. The molecule has 0 aliphatic heterocycles. The predicted octanol–water partition coefficient (Wildman–Crippen LogP) is 2.52. The van der Waals surface area contributed by atoms with Crippen molar-refractivity contribution in [2.45, 2.75) is 31.8 Å². The number of nitrogens with zero attached hydrogens (tertiary/aromatic N) is 1. The van der Waals surface area contributed by atoms with Crippen LogP contribution in [-0.2, 0) is 11.3 Å². The molecule has 5 nitrogen and oxygen atoms in total. The smallest absolute Gasteiger partial charge is 0.222 e. The average molecular weight is 309 g/mol. The van der Waals surface area contributed by atoms with Gasteiger partial charge >= 0.3 is 0 Å². The number of aryl methyl sites for hydroxylation is 1. The van der Waals surface area contributed by atoms with E-state index < -0.39 is 5.82 Å². The second-order valence-electron chi connectivity index (χ2n) is 5.18. The number of carbonyl (C=O) groups excluding carboxylic acids is 1. The van der Waals surface area contributed by atoms with E-state index in [-0.39, 0.29) is 11.7 Å². The molecule has 1 aliphatic rings. The van der Waals surface area contributed by atoms with Gasteiger partial charge in [0.05, 0.1) is 18.1 Å². The lowest BCUT2D eigenvalue weighted by Crippen LogP contribution is -2.26. The number of hydrogen-bond donors (Lipinski definition) is 2. The van der Waals surface area contributed by atoms with E-state index in [0.717, 1.165) is 18.4 Å². The summed E-state index contributed by atoms with van der Waals surface area (Å²) in [4.78, 5) is 14.7. The maximum atomic E-state index is 13.7. The number of nitrogens with one attached hydrogen (secondary N) is 2. The molecular weight excluding hydrogens is 293 g/mol. The molecule has 2 N–H and O–H groups in total. The second kappa shape index (κ2) is 5.48. The van der Waals surface area contributed by atoms with Gasteiger partial charge < -0.3 is 19.6 Å². The van der Waals surface area contributed by atoms with Crippen LogP contribution in [0.1, 0.15) is 19.3 Å². The summed E-state index contributed by atoms with van der Waals surface area (Å²) in [5, 5.41) is 2.93. The van der Waals surface area contributed by atoms with Crippen LogP contribution in [0.4, 0.5) is 4.39 Å². The van der Waals surface area contributed by atoms with Gasteiger partial charge in [0.1, 0.15) is 0 Å². The number of carbonyl (C=O) groups is 1. The number of H-pyrrole nitrogens is 1. The molecule has 21 heavy (non-hydrogen) atoms. The summed E-state index contributed by atoms with van der Waals surface area (Å²) in [6, 6.07) is 3.29. The van der Waals surface area contributed by atoms with E-state index in [0.29, 0.717) is 29.3 Å². The van der Waals surface area contributed by atoms with E-state index in [4.69, 9.17) is 17.0 Å². The second-order valence-corrected chi connectivity index (χ2v) is 5.56. The van der Waals surface area contributed by atoms with Crippen molar-refractivity contribution in [1.29, 1.82) is 0 Å². The topological polar surface area (TPSA) is 59.0 Å². The number of ether oxygens (including phenoxy) is 1. The average Bonchev–Trinajstić information content (AvgIpc) is 3.19. The highest BCUT2D eigenvalue weighted by Crippen LogP contribution is 2.25. The highest BCUT2D eigenvalue weighted by atomic mass is 32.1. The minimum absolute atomic E-state index is 0.0165. The van der Waals surface area contributed by atoms with Gasteiger partial charge in [-0.05, 0) is 25.1 Å². The van der Waals surface area contributed by atoms with Crippen molar-refractivity contribution in [3.05, 3.63) is 22.7 Å². The molecule has 1 heterocycles. The van der Waals surface area contributed by atoms with Crippen LogP contribution in [0.5, 0.6) is 5.75 Å². The third-order valence-corrected chi connectivity index (χ3v) is 3.88. The van der Waals surface area contributed by atoms with Crippen molar-refractivity contribution in [3.63, 3.8) is 0 Å². The van der Waals surface area contributed by atoms with Gasteiger partial charge in [-0.25, -0.2) is 4.39 Å². The van der Waals surface area contributed by atoms with Gasteiger partial charge in [-0.15, -0.1) is 0 Å². The summed E-state index contributed by atoms with van der Waals surface area (Å²) in [6.07, 6.45) is 2.47. The van der Waals surface area contributed by atoms with Crippen LogP contribution >= 0.6 is 12.2 Å².